The molecule has 2 aliphatic rings. The van der Waals surface area contributed by atoms with Gasteiger partial charge >= 0.3 is 5.97 Å². The minimum Gasteiger partial charge on any atom is -0.480 e. The maximum absolute atomic E-state index is 12.3. The fourth-order valence-corrected chi connectivity index (χ4v) is 3.00. The van der Waals surface area contributed by atoms with E-state index in [1.165, 1.54) is 17.7 Å². The molecule has 0 radical (unpaired) electrons. The second-order valence-electron chi connectivity index (χ2n) is 5.90. The zero-order valence-corrected chi connectivity index (χ0v) is 10.8. The van der Waals surface area contributed by atoms with Crippen molar-refractivity contribution in [2.75, 3.05) is 7.05 Å². The molecule has 0 aromatic heterocycles. The van der Waals surface area contributed by atoms with E-state index in [2.05, 4.69) is 0 Å². The number of aliphatic carboxylic acids is 1. The molecule has 2 rings (SSSR count). The molecule has 2 atom stereocenters. The molecule has 17 heavy (non-hydrogen) atoms. The van der Waals surface area contributed by atoms with Crippen molar-refractivity contribution < 1.29 is 14.7 Å². The molecule has 0 aliphatic heterocycles. The lowest BCUT2D eigenvalue weighted by molar-refractivity contribution is -0.156. The average Bonchev–Trinajstić information content (AvgIpc) is 3.00. The number of rotatable bonds is 3. The summed E-state index contributed by atoms with van der Waals surface area (Å²) in [7, 11) is 1.61. The van der Waals surface area contributed by atoms with Gasteiger partial charge in [-0.2, -0.15) is 0 Å². The van der Waals surface area contributed by atoms with Crippen LogP contribution in [0.3, 0.4) is 0 Å². The molecule has 1 N–H and O–H groups in total. The van der Waals surface area contributed by atoms with Crippen molar-refractivity contribution in [1.82, 2.24) is 4.90 Å². The first kappa shape index (κ1) is 12.4. The quantitative estimate of drug-likeness (QED) is 0.816. The van der Waals surface area contributed by atoms with E-state index < -0.39 is 11.5 Å². The van der Waals surface area contributed by atoms with Gasteiger partial charge in [-0.3, -0.25) is 4.79 Å². The van der Waals surface area contributed by atoms with Gasteiger partial charge in [-0.05, 0) is 38.5 Å². The Morgan fingerprint density at radius 3 is 2.06 bits per heavy atom. The van der Waals surface area contributed by atoms with Crippen molar-refractivity contribution in [2.24, 2.45) is 17.8 Å². The van der Waals surface area contributed by atoms with Crippen LogP contribution in [0, 0.1) is 17.8 Å². The summed E-state index contributed by atoms with van der Waals surface area (Å²) >= 11 is 0. The number of amides is 1. The molecule has 0 aromatic carbocycles. The topological polar surface area (TPSA) is 57.6 Å². The Kier molecular flexibility index (Phi) is 2.92. The third-order valence-corrected chi connectivity index (χ3v) is 4.63. The lowest BCUT2D eigenvalue weighted by Gasteiger charge is -2.31. The average molecular weight is 239 g/mol. The van der Waals surface area contributed by atoms with Crippen LogP contribution in [-0.4, -0.2) is 34.5 Å². The van der Waals surface area contributed by atoms with Gasteiger partial charge in [-0.1, -0.05) is 12.8 Å². The summed E-state index contributed by atoms with van der Waals surface area (Å²) in [6.07, 6.45) is 4.72. The van der Waals surface area contributed by atoms with Crippen molar-refractivity contribution in [3.8, 4) is 0 Å². The van der Waals surface area contributed by atoms with Gasteiger partial charge in [0.25, 0.3) is 0 Å². The molecule has 1 amide bonds. The predicted molar refractivity (Wildman–Crippen MR) is 63.4 cm³/mol. The maximum Gasteiger partial charge on any atom is 0.329 e. The second-order valence-corrected chi connectivity index (χ2v) is 5.90. The molecule has 2 fully saturated rings. The number of nitrogens with zero attached hydrogens (tertiary/aromatic N) is 1. The lowest BCUT2D eigenvalue weighted by Crippen LogP contribution is -2.51. The monoisotopic (exact) mass is 239 g/mol. The van der Waals surface area contributed by atoms with Gasteiger partial charge in [0.15, 0.2) is 0 Å². The number of carboxylic acids is 1. The van der Waals surface area contributed by atoms with E-state index in [9.17, 15) is 9.59 Å². The molecule has 0 bridgehead atoms. The fourth-order valence-electron chi connectivity index (χ4n) is 3.00. The summed E-state index contributed by atoms with van der Waals surface area (Å²) in [5, 5.41) is 9.13. The van der Waals surface area contributed by atoms with E-state index in [1.54, 1.807) is 20.9 Å². The van der Waals surface area contributed by atoms with Crippen LogP contribution in [0.15, 0.2) is 0 Å². The first-order valence-electron chi connectivity index (χ1n) is 6.38. The van der Waals surface area contributed by atoms with Crippen LogP contribution in [0.5, 0.6) is 0 Å². The number of hydrogen-bond acceptors (Lipinski definition) is 2. The van der Waals surface area contributed by atoms with Crippen LogP contribution >= 0.6 is 0 Å². The molecule has 0 aromatic rings. The molecule has 2 saturated carbocycles. The molecule has 4 heteroatoms. The molecule has 96 valence electrons. The highest BCUT2D eigenvalue weighted by Gasteiger charge is 2.56. The van der Waals surface area contributed by atoms with Gasteiger partial charge in [-0.15, -0.1) is 0 Å². The normalized spacial score (nSPS) is 31.6. The summed E-state index contributed by atoms with van der Waals surface area (Å²) in [5.41, 5.74) is -1.11. The molecular weight excluding hydrogens is 218 g/mol. The Morgan fingerprint density at radius 1 is 1.18 bits per heavy atom. The zero-order valence-electron chi connectivity index (χ0n) is 10.8. The Morgan fingerprint density at radius 2 is 1.65 bits per heavy atom. The SMILES string of the molecule is CN(C(=O)C1C2CCCCC21)C(C)(C)C(=O)O. The molecule has 0 saturated heterocycles. The van der Waals surface area contributed by atoms with E-state index in [-0.39, 0.29) is 11.8 Å². The predicted octanol–water partition coefficient (Wildman–Crippen LogP) is 1.74. The lowest BCUT2D eigenvalue weighted by atomic mass is 10.0. The van der Waals surface area contributed by atoms with Crippen LogP contribution < -0.4 is 0 Å². The number of fused-ring (bicyclic) bond motifs is 1. The van der Waals surface area contributed by atoms with Crippen molar-refractivity contribution in [2.45, 2.75) is 45.1 Å². The minimum absolute atomic E-state index is 0.0225. The van der Waals surface area contributed by atoms with Crippen LogP contribution in [-0.2, 0) is 9.59 Å². The van der Waals surface area contributed by atoms with Crippen LogP contribution in [0.1, 0.15) is 39.5 Å². The number of hydrogen-bond donors (Lipinski definition) is 1. The van der Waals surface area contributed by atoms with Gasteiger partial charge in [0.1, 0.15) is 5.54 Å². The van der Waals surface area contributed by atoms with E-state index in [1.807, 2.05) is 0 Å². The van der Waals surface area contributed by atoms with Crippen molar-refractivity contribution in [1.29, 1.82) is 0 Å². The minimum atomic E-state index is -1.11. The largest absolute Gasteiger partial charge is 0.480 e. The van der Waals surface area contributed by atoms with Gasteiger partial charge in [0.2, 0.25) is 5.91 Å². The third-order valence-electron chi connectivity index (χ3n) is 4.63. The number of carbonyl (C=O) groups is 2. The first-order chi connectivity index (χ1) is 7.87. The number of carbonyl (C=O) groups excluding carboxylic acids is 1. The highest BCUT2D eigenvalue weighted by Crippen LogP contribution is 2.56. The van der Waals surface area contributed by atoms with Crippen LogP contribution in [0.25, 0.3) is 0 Å². The molecule has 0 spiro atoms. The van der Waals surface area contributed by atoms with Crippen molar-refractivity contribution in [3.63, 3.8) is 0 Å². The second kappa shape index (κ2) is 4.00. The highest BCUT2D eigenvalue weighted by atomic mass is 16.4. The van der Waals surface area contributed by atoms with Gasteiger partial charge in [-0.25, -0.2) is 4.79 Å². The van der Waals surface area contributed by atoms with Gasteiger partial charge in [0, 0.05) is 13.0 Å². The Bertz CT molecular complexity index is 339. The smallest absolute Gasteiger partial charge is 0.329 e. The van der Waals surface area contributed by atoms with Gasteiger partial charge in [0.05, 0.1) is 0 Å². The Labute approximate surface area is 102 Å². The Hall–Kier alpha value is -1.06. The van der Waals surface area contributed by atoms with Gasteiger partial charge < -0.3 is 10.0 Å². The molecule has 2 aliphatic carbocycles. The summed E-state index contributed by atoms with van der Waals surface area (Å²) in [5.74, 6) is 0.235. The number of likely N-dealkylation sites (N-methyl/N-ethyl adjacent to an activating group) is 1. The number of carboxylic acid groups (broad SMARTS) is 1. The standard InChI is InChI=1S/C13H21NO3/c1-13(2,12(16)17)14(3)11(15)10-8-6-4-5-7-9(8)10/h8-10H,4-7H2,1-3H3,(H,16,17). The fraction of sp³-hybridized carbons (Fsp3) is 0.846. The van der Waals surface area contributed by atoms with Crippen LogP contribution in [0.4, 0.5) is 0 Å². The van der Waals surface area contributed by atoms with E-state index in [0.29, 0.717) is 11.8 Å². The Balaban J connectivity index is 2.04. The highest BCUT2D eigenvalue weighted by molar-refractivity contribution is 5.89. The molecule has 2 unspecified atom stereocenters. The van der Waals surface area contributed by atoms with Crippen LogP contribution in [0.2, 0.25) is 0 Å². The summed E-state index contributed by atoms with van der Waals surface area (Å²) < 4.78 is 0. The first-order valence-corrected chi connectivity index (χ1v) is 6.38. The van der Waals surface area contributed by atoms with E-state index in [0.717, 1.165) is 12.8 Å². The molecule has 0 heterocycles. The maximum atomic E-state index is 12.3. The zero-order chi connectivity index (χ0) is 12.8. The molecule has 4 nitrogen and oxygen atoms in total. The molecular formula is C13H21NO3. The third kappa shape index (κ3) is 1.94. The summed E-state index contributed by atoms with van der Waals surface area (Å²) in [6, 6.07) is 0. The van der Waals surface area contributed by atoms with Crippen molar-refractivity contribution >= 4 is 11.9 Å². The summed E-state index contributed by atoms with van der Waals surface area (Å²) in [6.45, 7) is 3.17. The summed E-state index contributed by atoms with van der Waals surface area (Å²) in [4.78, 5) is 24.8. The van der Waals surface area contributed by atoms with Crippen molar-refractivity contribution in [3.05, 3.63) is 0 Å². The van der Waals surface area contributed by atoms with E-state index in [4.69, 9.17) is 5.11 Å². The van der Waals surface area contributed by atoms with E-state index >= 15 is 0 Å².